The predicted molar refractivity (Wildman–Crippen MR) is 135 cm³/mol. The molecule has 0 bridgehead atoms. The minimum atomic E-state index is -2.98. The van der Waals surface area contributed by atoms with Crippen LogP contribution in [0.5, 0.6) is 0 Å². The topological polar surface area (TPSA) is 0 Å². The third-order valence-electron chi connectivity index (χ3n) is 6.98. The molecule has 0 fully saturated rings. The van der Waals surface area contributed by atoms with Crippen molar-refractivity contribution in [3.63, 3.8) is 0 Å². The van der Waals surface area contributed by atoms with Crippen LogP contribution in [-0.4, -0.2) is 7.63 Å². The molecule has 0 N–H and O–H groups in total. The molecule has 29 heavy (non-hydrogen) atoms. The maximum atomic E-state index is 2.69. The Bertz CT molecular complexity index is 1070. The fraction of sp³-hybridized carbons (Fsp3) is 0.360. The van der Waals surface area contributed by atoms with Crippen LogP contribution in [0.4, 0.5) is 0 Å². The Hall–Kier alpha value is -0.569. The number of hydrogen-bond acceptors (Lipinski definition) is 0. The normalized spacial score (nSPS) is 20.3. The molecule has 2 aromatic rings. The van der Waals surface area contributed by atoms with E-state index in [1.54, 1.807) is 22.3 Å². The molecule has 0 heterocycles. The van der Waals surface area contributed by atoms with Crippen molar-refractivity contribution in [2.75, 3.05) is 0 Å². The number of allylic oxidation sites excluding steroid dienone is 2. The Balaban J connectivity index is 0.00000150. The fourth-order valence-electron chi connectivity index (χ4n) is 6.24. The van der Waals surface area contributed by atoms with Gasteiger partial charge < -0.3 is 0 Å². The van der Waals surface area contributed by atoms with Gasteiger partial charge in [0.05, 0.1) is 0 Å². The summed E-state index contributed by atoms with van der Waals surface area (Å²) in [4.78, 5) is 0. The van der Waals surface area contributed by atoms with E-state index in [1.165, 1.54) is 16.7 Å². The Morgan fingerprint density at radius 2 is 1.34 bits per heavy atom. The van der Waals surface area contributed by atoms with E-state index in [2.05, 4.69) is 100 Å². The average Bonchev–Trinajstić information content (AvgIpc) is 3.09. The molecule has 2 aliphatic carbocycles. The average molecular weight is 481 g/mol. The summed E-state index contributed by atoms with van der Waals surface area (Å²) in [5, 5.41) is 5.39. The van der Waals surface area contributed by atoms with Gasteiger partial charge in [-0.15, -0.1) is 24.8 Å². The van der Waals surface area contributed by atoms with Crippen molar-refractivity contribution >= 4 is 44.6 Å². The van der Waals surface area contributed by atoms with Gasteiger partial charge >= 0.3 is 168 Å². The van der Waals surface area contributed by atoms with Crippen LogP contribution in [0.1, 0.15) is 69.9 Å². The molecule has 0 spiro atoms. The maximum Gasteiger partial charge on any atom is -0.147 e. The summed E-state index contributed by atoms with van der Waals surface area (Å²) in [7, 11) is 2.41. The standard InChI is InChI=1S/C13H15.C10H9.2CH3.2ClH.H2Si.Ti/c1-9(2)12-6-4-5-11-7-10(3)8-13(11)12;1-8-6-9-4-2-3-5-10(9)7-8;;;;;;/h4-9H,1-3H3;2-7H,1H3;2*1H3;2*1H;1H2;. The molecule has 0 saturated carbocycles. The molecule has 0 aromatic heterocycles. The molecule has 2 unspecified atom stereocenters. The molecule has 0 nitrogen and oxygen atoms in total. The first-order valence-corrected chi connectivity index (χ1v) is 19.2. The summed E-state index contributed by atoms with van der Waals surface area (Å²) < 4.78 is 1.24. The summed E-state index contributed by atoms with van der Waals surface area (Å²) >= 11 is -2.98. The van der Waals surface area contributed by atoms with Crippen LogP contribution in [0.25, 0.3) is 12.2 Å². The Morgan fingerprint density at radius 1 is 0.793 bits per heavy atom. The third kappa shape index (κ3) is 3.79. The number of benzene rings is 2. The quantitative estimate of drug-likeness (QED) is 0.396. The van der Waals surface area contributed by atoms with E-state index in [4.69, 9.17) is 0 Å². The van der Waals surface area contributed by atoms with Crippen molar-refractivity contribution in [3.8, 4) is 0 Å². The SMILES string of the molecule is CC1=Cc2ccccc2[CH]1[Ti]([CH3])([CH3])(=[SiH2])[CH]1C(C)=Cc2c(C(C)C)cccc21.Cl.Cl. The van der Waals surface area contributed by atoms with E-state index in [0.29, 0.717) is 14.4 Å². The largest absolute Gasteiger partial charge is 0.147 e. The van der Waals surface area contributed by atoms with Gasteiger partial charge in [-0.3, -0.25) is 0 Å². The summed E-state index contributed by atoms with van der Waals surface area (Å²) in [6.07, 6.45) is 4.96. The van der Waals surface area contributed by atoms with Crippen LogP contribution in [0.3, 0.4) is 0 Å². The number of halogens is 2. The van der Waals surface area contributed by atoms with Crippen molar-refractivity contribution in [1.82, 2.24) is 0 Å². The molecule has 4 heteroatoms. The van der Waals surface area contributed by atoms with Gasteiger partial charge in [0.25, 0.3) is 0 Å². The van der Waals surface area contributed by atoms with Gasteiger partial charge in [0, 0.05) is 0 Å². The third-order valence-corrected chi connectivity index (χ3v) is 18.7. The Labute approximate surface area is 191 Å². The van der Waals surface area contributed by atoms with Crippen LogP contribution < -0.4 is 0 Å². The molecule has 2 atom stereocenters. The van der Waals surface area contributed by atoms with Crippen molar-refractivity contribution in [2.45, 2.75) is 52.5 Å². The van der Waals surface area contributed by atoms with Crippen molar-refractivity contribution in [3.05, 3.63) is 81.4 Å². The zero-order chi connectivity index (χ0) is 19.6. The van der Waals surface area contributed by atoms with E-state index in [9.17, 15) is 0 Å². The van der Waals surface area contributed by atoms with Crippen molar-refractivity contribution in [2.24, 2.45) is 0 Å². The summed E-state index contributed by atoms with van der Waals surface area (Å²) in [5.41, 5.74) is 10.8. The van der Waals surface area contributed by atoms with Crippen molar-refractivity contribution < 1.29 is 14.0 Å². The second-order valence-electron chi connectivity index (χ2n) is 10.2. The molecule has 4 rings (SSSR count). The minimum Gasteiger partial charge on any atom is -0.147 e. The molecule has 0 aliphatic heterocycles. The second-order valence-corrected chi connectivity index (χ2v) is 30.4. The monoisotopic (exact) mass is 480 g/mol. The smallest absolute Gasteiger partial charge is 0.147 e. The first-order valence-electron chi connectivity index (χ1n) is 10.3. The molecule has 0 radical (unpaired) electrons. The summed E-state index contributed by atoms with van der Waals surface area (Å²) in [6.45, 7) is 9.40. The zero-order valence-electron chi connectivity index (χ0n) is 18.5. The fourth-order valence-corrected chi connectivity index (χ4v) is 20.2. The van der Waals surface area contributed by atoms with E-state index in [-0.39, 0.29) is 24.8 Å². The van der Waals surface area contributed by atoms with Crippen LogP contribution in [0.2, 0.25) is 10.5 Å². The van der Waals surface area contributed by atoms with Gasteiger partial charge in [-0.2, -0.15) is 0 Å². The van der Waals surface area contributed by atoms with E-state index >= 15 is 0 Å². The van der Waals surface area contributed by atoms with Crippen LogP contribution >= 0.6 is 24.8 Å². The molecule has 2 aliphatic rings. The molecular formula is C25H34Cl2SiTi. The maximum absolute atomic E-state index is 2.98. The number of fused-ring (bicyclic) bond motifs is 2. The number of hydrogen-bond donors (Lipinski definition) is 0. The zero-order valence-corrected chi connectivity index (χ0v) is 23.1. The minimum absolute atomic E-state index is 0. The molecule has 0 saturated heterocycles. The second kappa shape index (κ2) is 8.17. The van der Waals surface area contributed by atoms with Gasteiger partial charge in [-0.1, -0.05) is 0 Å². The van der Waals surface area contributed by atoms with E-state index < -0.39 is 14.0 Å². The molecule has 2 aromatic carbocycles. The number of rotatable bonds is 3. The molecular weight excluding hydrogens is 447 g/mol. The first-order chi connectivity index (χ1) is 12.6. The van der Waals surface area contributed by atoms with Crippen LogP contribution in [0, 0.1) is 0 Å². The van der Waals surface area contributed by atoms with Crippen molar-refractivity contribution in [1.29, 1.82) is 0 Å². The van der Waals surface area contributed by atoms with E-state index in [1.807, 2.05) is 0 Å². The van der Waals surface area contributed by atoms with Gasteiger partial charge in [-0.25, -0.2) is 0 Å². The van der Waals surface area contributed by atoms with Gasteiger partial charge in [0.1, 0.15) is 0 Å². The van der Waals surface area contributed by atoms with Crippen LogP contribution in [-0.2, 0) is 14.0 Å². The molecule has 156 valence electrons. The van der Waals surface area contributed by atoms with Gasteiger partial charge in [-0.05, 0) is 0 Å². The van der Waals surface area contributed by atoms with Crippen LogP contribution in [0.15, 0.2) is 53.6 Å². The first kappa shape index (κ1) is 24.7. The summed E-state index contributed by atoms with van der Waals surface area (Å²) in [5.74, 6) is 0.572. The Kier molecular flexibility index (Phi) is 6.96. The summed E-state index contributed by atoms with van der Waals surface area (Å²) in [6, 6.07) is 16.1. The Morgan fingerprint density at radius 3 is 2.00 bits per heavy atom. The predicted octanol–water partition coefficient (Wildman–Crippen LogP) is 7.60. The van der Waals surface area contributed by atoms with Gasteiger partial charge in [0.2, 0.25) is 0 Å². The van der Waals surface area contributed by atoms with Gasteiger partial charge in [0.15, 0.2) is 0 Å². The van der Waals surface area contributed by atoms with E-state index in [0.717, 1.165) is 0 Å². The molecule has 0 amide bonds.